The molecule has 0 aliphatic rings. The molecule has 442 valence electrons. The summed E-state index contributed by atoms with van der Waals surface area (Å²) >= 11 is 0. The topological polar surface area (TPSA) is 78.9 Å². The third-order valence-electron chi connectivity index (χ3n) is 14.8. The first-order valence-corrected chi connectivity index (χ1v) is 33.3. The van der Waals surface area contributed by atoms with E-state index in [-0.39, 0.29) is 31.1 Å². The highest BCUT2D eigenvalue weighted by atomic mass is 16.6. The second-order valence-electron chi connectivity index (χ2n) is 22.4. The van der Waals surface area contributed by atoms with Crippen LogP contribution in [0.25, 0.3) is 0 Å². The van der Waals surface area contributed by atoms with Crippen molar-refractivity contribution in [1.82, 2.24) is 0 Å². The highest BCUT2D eigenvalue weighted by molar-refractivity contribution is 5.71. The number of carbonyl (C=O) groups excluding carboxylic acids is 3. The maximum atomic E-state index is 12.9. The van der Waals surface area contributed by atoms with Gasteiger partial charge in [0.25, 0.3) is 0 Å². The predicted octanol–water partition coefficient (Wildman–Crippen LogP) is 22.7. The largest absolute Gasteiger partial charge is 0.462 e. The highest BCUT2D eigenvalue weighted by Crippen LogP contribution is 2.18. The summed E-state index contributed by atoms with van der Waals surface area (Å²) in [7, 11) is 0. The van der Waals surface area contributed by atoms with Gasteiger partial charge in [0.2, 0.25) is 0 Å². The monoisotopic (exact) mass is 1060 g/mol. The van der Waals surface area contributed by atoms with Crippen LogP contribution in [-0.2, 0) is 28.6 Å². The normalized spacial score (nSPS) is 12.4. The predicted molar refractivity (Wildman–Crippen MR) is 330 cm³/mol. The molecule has 0 aromatic heterocycles. The molecule has 0 aromatic rings. The van der Waals surface area contributed by atoms with Gasteiger partial charge in [0.15, 0.2) is 6.10 Å². The summed E-state index contributed by atoms with van der Waals surface area (Å²) in [6, 6.07) is 0. The molecule has 0 radical (unpaired) electrons. The van der Waals surface area contributed by atoms with Crippen LogP contribution in [0, 0.1) is 0 Å². The van der Waals surface area contributed by atoms with Crippen molar-refractivity contribution < 1.29 is 28.6 Å². The zero-order valence-corrected chi connectivity index (χ0v) is 50.8. The summed E-state index contributed by atoms with van der Waals surface area (Å²) in [6.07, 6.45) is 82.5. The Hall–Kier alpha value is -2.89. The quantitative estimate of drug-likeness (QED) is 0.0261. The number of rotatable bonds is 61. The van der Waals surface area contributed by atoms with Crippen molar-refractivity contribution in [1.29, 1.82) is 0 Å². The molecule has 0 aliphatic heterocycles. The molecule has 0 amide bonds. The smallest absolute Gasteiger partial charge is 0.306 e. The third kappa shape index (κ3) is 62.0. The maximum Gasteiger partial charge on any atom is 0.306 e. The van der Waals surface area contributed by atoms with Gasteiger partial charge in [0, 0.05) is 19.3 Å². The molecule has 0 aromatic carbocycles. The summed E-state index contributed by atoms with van der Waals surface area (Å²) in [5.41, 5.74) is 0. The average Bonchev–Trinajstić information content (AvgIpc) is 3.42. The van der Waals surface area contributed by atoms with Crippen LogP contribution in [0.1, 0.15) is 348 Å². The lowest BCUT2D eigenvalue weighted by Crippen LogP contribution is -2.30. The molecule has 0 N–H and O–H groups in total. The minimum absolute atomic E-state index is 0.0667. The second-order valence-corrected chi connectivity index (χ2v) is 22.4. The van der Waals surface area contributed by atoms with Crippen molar-refractivity contribution >= 4 is 17.9 Å². The van der Waals surface area contributed by atoms with Gasteiger partial charge in [-0.2, -0.15) is 0 Å². The lowest BCUT2D eigenvalue weighted by atomic mass is 10.0. The van der Waals surface area contributed by atoms with Gasteiger partial charge < -0.3 is 14.2 Å². The Balaban J connectivity index is 4.06. The van der Waals surface area contributed by atoms with Crippen LogP contribution in [0.4, 0.5) is 0 Å². The van der Waals surface area contributed by atoms with E-state index in [1.165, 1.54) is 218 Å². The molecular weight excluding hydrogens is 937 g/mol. The number of esters is 3. The standard InChI is InChI=1S/C70H126O6/c1-4-7-10-13-16-19-22-24-26-27-28-29-30-31-32-33-34-35-36-37-38-39-40-41-42-43-45-46-48-51-54-57-60-63-69(72)75-66-67(65-74-68(71)62-59-56-53-50-21-18-15-12-9-6-3)76-70(73)64-61-58-55-52-49-47-44-25-23-20-17-14-11-8-5-2/h7,10,16,19,24,26,28-29,31-32,67H,4-6,8-9,11-15,17-18,20-23,25,27,30,33-66H2,1-3H3/b10-7-,19-16-,26-24-,29-28-,32-31-. The van der Waals surface area contributed by atoms with Crippen LogP contribution in [0.5, 0.6) is 0 Å². The number of hydrogen-bond donors (Lipinski definition) is 0. The van der Waals surface area contributed by atoms with Crippen LogP contribution in [-0.4, -0.2) is 37.2 Å². The Labute approximate surface area is 472 Å². The molecule has 0 saturated heterocycles. The van der Waals surface area contributed by atoms with E-state index < -0.39 is 6.10 Å². The molecule has 0 saturated carbocycles. The molecule has 1 unspecified atom stereocenters. The minimum Gasteiger partial charge on any atom is -0.462 e. The van der Waals surface area contributed by atoms with Gasteiger partial charge in [-0.3, -0.25) is 14.4 Å². The van der Waals surface area contributed by atoms with Crippen molar-refractivity contribution in [3.63, 3.8) is 0 Å². The van der Waals surface area contributed by atoms with E-state index in [4.69, 9.17) is 14.2 Å². The molecular formula is C70H126O6. The van der Waals surface area contributed by atoms with Gasteiger partial charge in [-0.25, -0.2) is 0 Å². The zero-order chi connectivity index (χ0) is 55.0. The fraction of sp³-hybridized carbons (Fsp3) is 0.814. The third-order valence-corrected chi connectivity index (χ3v) is 14.8. The van der Waals surface area contributed by atoms with Gasteiger partial charge in [-0.1, -0.05) is 326 Å². The van der Waals surface area contributed by atoms with E-state index in [9.17, 15) is 14.4 Å². The van der Waals surface area contributed by atoms with E-state index in [0.717, 1.165) is 89.9 Å². The molecule has 0 bridgehead atoms. The second kappa shape index (κ2) is 64.6. The Morgan fingerprint density at radius 2 is 0.513 bits per heavy atom. The number of unbranched alkanes of at least 4 members (excludes halogenated alkanes) is 40. The SMILES string of the molecule is CC/C=C\C/C=C\C/C=C\C/C=C\C/C=C\CCCCCCCCCCCCCCCCCCCC(=O)OCC(COC(=O)CCCCCCCCCCCC)OC(=O)CCCCCCCCCCCCCCCCC. The number of carbonyl (C=O) groups is 3. The van der Waals surface area contributed by atoms with E-state index >= 15 is 0 Å². The Kier molecular flexibility index (Phi) is 62.2. The lowest BCUT2D eigenvalue weighted by molar-refractivity contribution is -0.167. The van der Waals surface area contributed by atoms with E-state index in [2.05, 4.69) is 81.5 Å². The molecule has 0 rings (SSSR count). The van der Waals surface area contributed by atoms with E-state index in [1.54, 1.807) is 0 Å². The number of allylic oxidation sites excluding steroid dienone is 10. The highest BCUT2D eigenvalue weighted by Gasteiger charge is 2.19. The molecule has 1 atom stereocenters. The number of hydrogen-bond acceptors (Lipinski definition) is 6. The molecule has 0 aliphatic carbocycles. The summed E-state index contributed by atoms with van der Waals surface area (Å²) in [4.78, 5) is 38.2. The lowest BCUT2D eigenvalue weighted by Gasteiger charge is -2.18. The number of ether oxygens (including phenoxy) is 3. The van der Waals surface area contributed by atoms with Gasteiger partial charge >= 0.3 is 17.9 Å². The molecule has 0 fully saturated rings. The van der Waals surface area contributed by atoms with Crippen LogP contribution in [0.3, 0.4) is 0 Å². The van der Waals surface area contributed by atoms with Crippen molar-refractivity contribution in [2.75, 3.05) is 13.2 Å². The van der Waals surface area contributed by atoms with Crippen LogP contribution >= 0.6 is 0 Å². The fourth-order valence-electron chi connectivity index (χ4n) is 9.83. The Bertz CT molecular complexity index is 1360. The summed E-state index contributed by atoms with van der Waals surface area (Å²) in [5, 5.41) is 0. The van der Waals surface area contributed by atoms with Gasteiger partial charge in [0.1, 0.15) is 13.2 Å². The van der Waals surface area contributed by atoms with Crippen LogP contribution < -0.4 is 0 Å². The van der Waals surface area contributed by atoms with Gasteiger partial charge in [-0.05, 0) is 64.2 Å². The molecule has 76 heavy (non-hydrogen) atoms. The fourth-order valence-corrected chi connectivity index (χ4v) is 9.83. The summed E-state index contributed by atoms with van der Waals surface area (Å²) < 4.78 is 16.9. The van der Waals surface area contributed by atoms with Gasteiger partial charge in [-0.15, -0.1) is 0 Å². The first kappa shape index (κ1) is 73.1. The summed E-state index contributed by atoms with van der Waals surface area (Å²) in [6.45, 7) is 6.56. The zero-order valence-electron chi connectivity index (χ0n) is 50.8. The first-order valence-electron chi connectivity index (χ1n) is 33.3. The van der Waals surface area contributed by atoms with E-state index in [1.807, 2.05) is 0 Å². The van der Waals surface area contributed by atoms with Crippen molar-refractivity contribution in [2.24, 2.45) is 0 Å². The van der Waals surface area contributed by atoms with Crippen LogP contribution in [0.15, 0.2) is 60.8 Å². The Morgan fingerprint density at radius 1 is 0.276 bits per heavy atom. The van der Waals surface area contributed by atoms with Crippen molar-refractivity contribution in [3.05, 3.63) is 60.8 Å². The molecule has 6 nitrogen and oxygen atoms in total. The maximum absolute atomic E-state index is 12.9. The molecule has 6 heteroatoms. The summed E-state index contributed by atoms with van der Waals surface area (Å²) in [5.74, 6) is -0.846. The Morgan fingerprint density at radius 3 is 0.803 bits per heavy atom. The molecule has 0 heterocycles. The van der Waals surface area contributed by atoms with Crippen molar-refractivity contribution in [2.45, 2.75) is 354 Å². The minimum atomic E-state index is -0.767. The van der Waals surface area contributed by atoms with Crippen molar-refractivity contribution in [3.8, 4) is 0 Å². The van der Waals surface area contributed by atoms with Crippen LogP contribution in [0.2, 0.25) is 0 Å². The van der Waals surface area contributed by atoms with Gasteiger partial charge in [0.05, 0.1) is 0 Å². The first-order chi connectivity index (χ1) is 37.5. The molecule has 0 spiro atoms. The average molecular weight is 1060 g/mol. The van der Waals surface area contributed by atoms with E-state index in [0.29, 0.717) is 19.3 Å².